The molecule has 0 amide bonds. The molecule has 4 nitrogen and oxygen atoms in total. The van der Waals surface area contributed by atoms with E-state index in [9.17, 15) is 4.79 Å². The summed E-state index contributed by atoms with van der Waals surface area (Å²) >= 11 is 0. The number of hydrogen-bond acceptors (Lipinski definition) is 3. The van der Waals surface area contributed by atoms with E-state index in [1.807, 2.05) is 0 Å². The Morgan fingerprint density at radius 1 is 1.55 bits per heavy atom. The summed E-state index contributed by atoms with van der Waals surface area (Å²) in [6.07, 6.45) is 3.73. The highest BCUT2D eigenvalue weighted by atomic mass is 16.4. The first-order valence-corrected chi connectivity index (χ1v) is 3.17. The molecule has 0 rings (SSSR count). The standard InChI is InChI=1S/C7H12N2O2/c1-2-3-4-5(6(8)9)7(10)11/h2-4,6H,8-9H2,1H3,(H,10,11)/b3-2-,5-4+. The van der Waals surface area contributed by atoms with E-state index in [1.54, 1.807) is 19.1 Å². The molecule has 0 aliphatic heterocycles. The summed E-state index contributed by atoms with van der Waals surface area (Å²) in [6, 6.07) is 0. The molecule has 0 saturated heterocycles. The van der Waals surface area contributed by atoms with Crippen LogP contribution in [0, 0.1) is 0 Å². The Morgan fingerprint density at radius 2 is 2.09 bits per heavy atom. The summed E-state index contributed by atoms with van der Waals surface area (Å²) in [7, 11) is 0. The molecule has 0 atom stereocenters. The number of carboxylic acid groups (broad SMARTS) is 1. The molecule has 0 aromatic carbocycles. The lowest BCUT2D eigenvalue weighted by atomic mass is 10.2. The Hall–Kier alpha value is -1.13. The largest absolute Gasteiger partial charge is 0.478 e. The molecule has 0 unspecified atom stereocenters. The fourth-order valence-corrected chi connectivity index (χ4v) is 0.525. The van der Waals surface area contributed by atoms with Crippen LogP contribution in [0.1, 0.15) is 6.92 Å². The fourth-order valence-electron chi connectivity index (χ4n) is 0.525. The lowest BCUT2D eigenvalue weighted by molar-refractivity contribution is -0.132. The number of carbonyl (C=O) groups is 1. The highest BCUT2D eigenvalue weighted by Crippen LogP contribution is 1.95. The van der Waals surface area contributed by atoms with E-state index in [0.29, 0.717) is 0 Å². The highest BCUT2D eigenvalue weighted by Gasteiger charge is 2.10. The molecule has 5 N–H and O–H groups in total. The minimum absolute atomic E-state index is 0.00287. The van der Waals surface area contributed by atoms with Crippen LogP contribution in [0.2, 0.25) is 0 Å². The third kappa shape index (κ3) is 3.54. The first-order chi connectivity index (χ1) is 5.09. The van der Waals surface area contributed by atoms with Crippen molar-refractivity contribution in [3.63, 3.8) is 0 Å². The van der Waals surface area contributed by atoms with Crippen molar-refractivity contribution in [3.05, 3.63) is 23.8 Å². The smallest absolute Gasteiger partial charge is 0.334 e. The minimum atomic E-state index is -1.09. The summed E-state index contributed by atoms with van der Waals surface area (Å²) < 4.78 is 0. The van der Waals surface area contributed by atoms with Gasteiger partial charge in [-0.05, 0) is 13.0 Å². The van der Waals surface area contributed by atoms with Gasteiger partial charge >= 0.3 is 5.97 Å². The van der Waals surface area contributed by atoms with Crippen LogP contribution in [0.3, 0.4) is 0 Å². The van der Waals surface area contributed by atoms with Crippen LogP contribution in [0.5, 0.6) is 0 Å². The zero-order chi connectivity index (χ0) is 8.85. The van der Waals surface area contributed by atoms with E-state index < -0.39 is 12.1 Å². The zero-order valence-corrected chi connectivity index (χ0v) is 6.32. The second-order valence-electron chi connectivity index (χ2n) is 1.98. The number of nitrogens with two attached hydrogens (primary N) is 2. The molecule has 0 aliphatic carbocycles. The maximum Gasteiger partial charge on any atom is 0.334 e. The Bertz CT molecular complexity index is 195. The van der Waals surface area contributed by atoms with Gasteiger partial charge in [0.15, 0.2) is 0 Å². The van der Waals surface area contributed by atoms with Crippen molar-refractivity contribution in [1.82, 2.24) is 0 Å². The molecule has 0 fully saturated rings. The Morgan fingerprint density at radius 3 is 2.36 bits per heavy atom. The predicted octanol–water partition coefficient (Wildman–Crippen LogP) is -0.183. The van der Waals surface area contributed by atoms with Crippen molar-refractivity contribution >= 4 is 5.97 Å². The topological polar surface area (TPSA) is 89.3 Å². The number of hydrogen-bond donors (Lipinski definition) is 3. The number of allylic oxidation sites excluding steroid dienone is 3. The van der Waals surface area contributed by atoms with Crippen LogP contribution in [-0.2, 0) is 4.79 Å². The van der Waals surface area contributed by atoms with Gasteiger partial charge in [0.1, 0.15) is 0 Å². The molecule has 11 heavy (non-hydrogen) atoms. The molecule has 62 valence electrons. The summed E-state index contributed by atoms with van der Waals surface area (Å²) in [5.74, 6) is -1.09. The van der Waals surface area contributed by atoms with Crippen LogP contribution < -0.4 is 11.5 Å². The maximum atomic E-state index is 10.4. The molecule has 0 aromatic rings. The van der Waals surface area contributed by atoms with Crippen molar-refractivity contribution in [2.24, 2.45) is 11.5 Å². The fraction of sp³-hybridized carbons (Fsp3) is 0.286. The lowest BCUT2D eigenvalue weighted by Gasteiger charge is -2.03. The molecule has 0 bridgehead atoms. The van der Waals surface area contributed by atoms with Crippen molar-refractivity contribution in [3.8, 4) is 0 Å². The van der Waals surface area contributed by atoms with Crippen LogP contribution >= 0.6 is 0 Å². The van der Waals surface area contributed by atoms with Crippen LogP contribution in [0.15, 0.2) is 23.8 Å². The summed E-state index contributed by atoms with van der Waals surface area (Å²) in [4.78, 5) is 10.4. The van der Waals surface area contributed by atoms with Crippen molar-refractivity contribution in [2.75, 3.05) is 0 Å². The number of carboxylic acids is 1. The van der Waals surface area contributed by atoms with Gasteiger partial charge in [0.25, 0.3) is 0 Å². The van der Waals surface area contributed by atoms with Crippen molar-refractivity contribution < 1.29 is 9.90 Å². The number of aliphatic carboxylic acids is 1. The van der Waals surface area contributed by atoms with Gasteiger partial charge in [-0.25, -0.2) is 4.79 Å². The van der Waals surface area contributed by atoms with Crippen LogP contribution in [0.25, 0.3) is 0 Å². The Kier molecular flexibility index (Phi) is 4.17. The SMILES string of the molecule is C/C=C\C=C(\C(=O)O)C(N)N. The van der Waals surface area contributed by atoms with Gasteiger partial charge in [0.2, 0.25) is 0 Å². The summed E-state index contributed by atoms with van der Waals surface area (Å²) in [5, 5.41) is 8.51. The second kappa shape index (κ2) is 4.65. The summed E-state index contributed by atoms with van der Waals surface area (Å²) in [6.45, 7) is 1.78. The first kappa shape index (κ1) is 9.87. The quantitative estimate of drug-likeness (QED) is 0.300. The highest BCUT2D eigenvalue weighted by molar-refractivity contribution is 5.88. The van der Waals surface area contributed by atoms with E-state index in [4.69, 9.17) is 16.6 Å². The molecular weight excluding hydrogens is 144 g/mol. The molecule has 0 aromatic heterocycles. The van der Waals surface area contributed by atoms with Crippen LogP contribution in [0.4, 0.5) is 0 Å². The Balaban J connectivity index is 4.46. The second-order valence-corrected chi connectivity index (χ2v) is 1.98. The molecule has 4 heteroatoms. The van der Waals surface area contributed by atoms with E-state index in [2.05, 4.69) is 0 Å². The molecule has 0 saturated carbocycles. The van der Waals surface area contributed by atoms with Gasteiger partial charge in [0, 0.05) is 0 Å². The normalized spacial score (nSPS) is 12.9. The third-order valence-electron chi connectivity index (χ3n) is 1.07. The molecule has 0 aliphatic rings. The van der Waals surface area contributed by atoms with Crippen molar-refractivity contribution in [1.29, 1.82) is 0 Å². The average Bonchev–Trinajstić information content (AvgIpc) is 1.87. The van der Waals surface area contributed by atoms with E-state index in [1.165, 1.54) is 6.08 Å². The molecule has 0 radical (unpaired) electrons. The third-order valence-corrected chi connectivity index (χ3v) is 1.07. The van der Waals surface area contributed by atoms with Crippen molar-refractivity contribution in [2.45, 2.75) is 13.1 Å². The van der Waals surface area contributed by atoms with E-state index >= 15 is 0 Å². The number of rotatable bonds is 3. The monoisotopic (exact) mass is 156 g/mol. The van der Waals surface area contributed by atoms with Crippen LogP contribution in [-0.4, -0.2) is 17.2 Å². The van der Waals surface area contributed by atoms with E-state index in [0.717, 1.165) is 0 Å². The molecule has 0 spiro atoms. The van der Waals surface area contributed by atoms with Gasteiger partial charge in [0.05, 0.1) is 11.7 Å². The minimum Gasteiger partial charge on any atom is -0.478 e. The van der Waals surface area contributed by atoms with Gasteiger partial charge in [-0.15, -0.1) is 0 Å². The van der Waals surface area contributed by atoms with Gasteiger partial charge < -0.3 is 16.6 Å². The average molecular weight is 156 g/mol. The Labute approximate surface area is 65.2 Å². The molecular formula is C7H12N2O2. The maximum absolute atomic E-state index is 10.4. The van der Waals surface area contributed by atoms with Gasteiger partial charge in [-0.2, -0.15) is 0 Å². The van der Waals surface area contributed by atoms with Gasteiger partial charge in [-0.1, -0.05) is 12.2 Å². The summed E-state index contributed by atoms with van der Waals surface area (Å²) in [5.41, 5.74) is 10.3. The lowest BCUT2D eigenvalue weighted by Crippen LogP contribution is -2.35. The molecule has 0 heterocycles. The first-order valence-electron chi connectivity index (χ1n) is 3.17. The van der Waals surface area contributed by atoms with Gasteiger partial charge in [-0.3, -0.25) is 0 Å². The zero-order valence-electron chi connectivity index (χ0n) is 6.32. The van der Waals surface area contributed by atoms with E-state index in [-0.39, 0.29) is 5.57 Å². The predicted molar refractivity (Wildman–Crippen MR) is 42.7 cm³/mol.